The smallest absolute Gasteiger partial charge is 0.255 e. The van der Waals surface area contributed by atoms with E-state index in [-0.39, 0.29) is 18.6 Å². The van der Waals surface area contributed by atoms with Crippen molar-refractivity contribution in [3.05, 3.63) is 29.8 Å². The topological polar surface area (TPSA) is 109 Å². The number of aliphatic hydroxyl groups excluding tert-OH is 1. The maximum atomic E-state index is 10.9. The largest absolute Gasteiger partial charge is 0.484 e. The summed E-state index contributed by atoms with van der Waals surface area (Å²) in [6.45, 7) is 4.23. The van der Waals surface area contributed by atoms with Crippen LogP contribution in [-0.4, -0.2) is 43.3 Å². The fraction of sp³-hybridized carbons (Fsp3) is 0.619. The molecule has 7 heteroatoms. The molecule has 5 N–H and O–H groups in total. The molecule has 2 rings (SSSR count). The Morgan fingerprint density at radius 1 is 1.29 bits per heavy atom. The first-order valence-corrected chi connectivity index (χ1v) is 10.2. The lowest BCUT2D eigenvalue weighted by atomic mass is 9.72. The Labute approximate surface area is 167 Å². The van der Waals surface area contributed by atoms with Gasteiger partial charge in [-0.05, 0) is 49.3 Å². The number of rotatable bonds is 10. The average molecular weight is 391 g/mol. The molecule has 0 radical (unpaired) electrons. The van der Waals surface area contributed by atoms with Crippen LogP contribution in [0, 0.1) is 5.41 Å². The van der Waals surface area contributed by atoms with Gasteiger partial charge in [0.15, 0.2) is 12.6 Å². The molecule has 0 aromatic heterocycles. The van der Waals surface area contributed by atoms with E-state index in [4.69, 9.17) is 10.5 Å². The third-order valence-corrected chi connectivity index (χ3v) is 5.23. The number of nitrogens with zero attached hydrogens (tertiary/aromatic N) is 1. The molecule has 1 amide bonds. The van der Waals surface area contributed by atoms with E-state index in [2.05, 4.69) is 15.6 Å². The van der Waals surface area contributed by atoms with Crippen LogP contribution in [0.4, 0.5) is 0 Å². The van der Waals surface area contributed by atoms with Crippen LogP contribution in [0.25, 0.3) is 0 Å². The van der Waals surface area contributed by atoms with E-state index in [1.54, 1.807) is 6.07 Å². The SMILES string of the molecule is CCNC(=NCc1cccc(OCC(N)=O)c1)NCC1(CCO)CCCCC1. The van der Waals surface area contributed by atoms with Crippen LogP contribution in [0.2, 0.25) is 0 Å². The van der Waals surface area contributed by atoms with Crippen molar-refractivity contribution in [2.75, 3.05) is 26.3 Å². The molecule has 0 aliphatic heterocycles. The lowest BCUT2D eigenvalue weighted by molar-refractivity contribution is -0.119. The summed E-state index contributed by atoms with van der Waals surface area (Å²) in [6.07, 6.45) is 6.88. The second-order valence-electron chi connectivity index (χ2n) is 7.49. The quantitative estimate of drug-likeness (QED) is 0.361. The van der Waals surface area contributed by atoms with Gasteiger partial charge < -0.3 is 26.2 Å². The summed E-state index contributed by atoms with van der Waals surface area (Å²) in [5.41, 5.74) is 6.27. The number of nitrogens with two attached hydrogens (primary N) is 1. The number of primary amides is 1. The summed E-state index contributed by atoms with van der Waals surface area (Å²) >= 11 is 0. The van der Waals surface area contributed by atoms with Gasteiger partial charge in [0.2, 0.25) is 0 Å². The molecule has 1 aromatic carbocycles. The van der Waals surface area contributed by atoms with Crippen LogP contribution < -0.4 is 21.1 Å². The van der Waals surface area contributed by atoms with Gasteiger partial charge in [0.05, 0.1) is 6.54 Å². The van der Waals surface area contributed by atoms with Gasteiger partial charge >= 0.3 is 0 Å². The number of guanidine groups is 1. The summed E-state index contributed by atoms with van der Waals surface area (Å²) in [5.74, 6) is 0.879. The molecule has 28 heavy (non-hydrogen) atoms. The first-order chi connectivity index (χ1) is 13.6. The third kappa shape index (κ3) is 7.38. The highest BCUT2D eigenvalue weighted by Crippen LogP contribution is 2.38. The first kappa shape index (κ1) is 22.0. The Balaban J connectivity index is 1.97. The molecule has 1 aliphatic carbocycles. The Hall–Kier alpha value is -2.28. The van der Waals surface area contributed by atoms with Crippen LogP contribution in [0.15, 0.2) is 29.3 Å². The van der Waals surface area contributed by atoms with E-state index in [0.717, 1.165) is 43.9 Å². The maximum Gasteiger partial charge on any atom is 0.255 e. The molecule has 1 fully saturated rings. The van der Waals surface area contributed by atoms with E-state index in [0.29, 0.717) is 12.3 Å². The number of ether oxygens (including phenoxy) is 1. The predicted molar refractivity (Wildman–Crippen MR) is 111 cm³/mol. The molecule has 0 bridgehead atoms. The number of carbonyl (C=O) groups is 1. The second kappa shape index (κ2) is 11.5. The average Bonchev–Trinajstić information content (AvgIpc) is 2.70. The van der Waals surface area contributed by atoms with E-state index in [9.17, 15) is 9.90 Å². The van der Waals surface area contributed by atoms with E-state index >= 15 is 0 Å². The van der Waals surface area contributed by atoms with Crippen molar-refractivity contribution in [1.82, 2.24) is 10.6 Å². The Kier molecular flexibility index (Phi) is 9.07. The van der Waals surface area contributed by atoms with Crippen LogP contribution in [-0.2, 0) is 11.3 Å². The minimum Gasteiger partial charge on any atom is -0.484 e. The zero-order valence-electron chi connectivity index (χ0n) is 16.9. The van der Waals surface area contributed by atoms with E-state index in [1.807, 2.05) is 25.1 Å². The van der Waals surface area contributed by atoms with Gasteiger partial charge in [0.1, 0.15) is 5.75 Å². The molecule has 156 valence electrons. The van der Waals surface area contributed by atoms with Crippen molar-refractivity contribution in [2.45, 2.75) is 52.0 Å². The van der Waals surface area contributed by atoms with E-state index in [1.165, 1.54) is 19.3 Å². The van der Waals surface area contributed by atoms with Gasteiger partial charge in [-0.3, -0.25) is 4.79 Å². The number of carbonyl (C=O) groups excluding carboxylic acids is 1. The molecule has 0 heterocycles. The number of hydrogen-bond donors (Lipinski definition) is 4. The van der Waals surface area contributed by atoms with Gasteiger partial charge in [-0.15, -0.1) is 0 Å². The van der Waals surface area contributed by atoms with E-state index < -0.39 is 5.91 Å². The second-order valence-corrected chi connectivity index (χ2v) is 7.49. The number of amides is 1. The monoisotopic (exact) mass is 390 g/mol. The lowest BCUT2D eigenvalue weighted by Crippen LogP contribution is -2.44. The fourth-order valence-electron chi connectivity index (χ4n) is 3.73. The highest BCUT2D eigenvalue weighted by atomic mass is 16.5. The highest BCUT2D eigenvalue weighted by molar-refractivity contribution is 5.79. The molecule has 0 spiro atoms. The number of aliphatic imine (C=N–C) groups is 1. The molecule has 0 saturated heterocycles. The zero-order chi connectivity index (χ0) is 20.2. The molecule has 1 saturated carbocycles. The number of nitrogens with one attached hydrogen (secondary N) is 2. The van der Waals surface area contributed by atoms with Crippen molar-refractivity contribution >= 4 is 11.9 Å². The standard InChI is InChI=1S/C21H34N4O3/c1-2-23-20(25-16-21(11-12-26)9-4-3-5-10-21)24-14-17-7-6-8-18(13-17)28-15-19(22)27/h6-8,13,26H,2-5,9-12,14-16H2,1H3,(H2,22,27)(H2,23,24,25). The highest BCUT2D eigenvalue weighted by Gasteiger charge is 2.31. The fourth-order valence-corrected chi connectivity index (χ4v) is 3.73. The van der Waals surface area contributed by atoms with Gasteiger partial charge in [0.25, 0.3) is 5.91 Å². The van der Waals surface area contributed by atoms with Crippen molar-refractivity contribution in [1.29, 1.82) is 0 Å². The normalized spacial score (nSPS) is 16.4. The molecular formula is C21H34N4O3. The molecule has 1 aliphatic rings. The van der Waals surface area contributed by atoms with Crippen LogP contribution in [0.5, 0.6) is 5.75 Å². The van der Waals surface area contributed by atoms with Gasteiger partial charge in [-0.25, -0.2) is 4.99 Å². The minimum absolute atomic E-state index is 0.135. The summed E-state index contributed by atoms with van der Waals surface area (Å²) < 4.78 is 5.35. The van der Waals surface area contributed by atoms with Crippen molar-refractivity contribution < 1.29 is 14.6 Å². The summed E-state index contributed by atoms with van der Waals surface area (Å²) in [5, 5.41) is 16.3. The molecule has 0 unspecified atom stereocenters. The Bertz CT molecular complexity index is 637. The Morgan fingerprint density at radius 3 is 2.75 bits per heavy atom. The minimum atomic E-state index is -0.499. The van der Waals surface area contributed by atoms with Crippen LogP contribution in [0.3, 0.4) is 0 Å². The number of aliphatic hydroxyl groups is 1. The maximum absolute atomic E-state index is 10.9. The third-order valence-electron chi connectivity index (χ3n) is 5.23. The summed E-state index contributed by atoms with van der Waals surface area (Å²) in [7, 11) is 0. The van der Waals surface area contributed by atoms with Crippen molar-refractivity contribution in [3.63, 3.8) is 0 Å². The van der Waals surface area contributed by atoms with Crippen molar-refractivity contribution in [2.24, 2.45) is 16.1 Å². The number of hydrogen-bond acceptors (Lipinski definition) is 4. The van der Waals surface area contributed by atoms with Crippen LogP contribution in [0.1, 0.15) is 51.0 Å². The molecule has 7 nitrogen and oxygen atoms in total. The summed E-state index contributed by atoms with van der Waals surface area (Å²) in [6, 6.07) is 7.50. The summed E-state index contributed by atoms with van der Waals surface area (Å²) in [4.78, 5) is 15.5. The predicted octanol–water partition coefficient (Wildman–Crippen LogP) is 1.94. The lowest BCUT2D eigenvalue weighted by Gasteiger charge is -2.37. The van der Waals surface area contributed by atoms with Gasteiger partial charge in [-0.2, -0.15) is 0 Å². The number of benzene rings is 1. The van der Waals surface area contributed by atoms with Crippen LogP contribution >= 0.6 is 0 Å². The Morgan fingerprint density at radius 2 is 2.07 bits per heavy atom. The molecule has 1 aromatic rings. The zero-order valence-corrected chi connectivity index (χ0v) is 16.9. The van der Waals surface area contributed by atoms with Gasteiger partial charge in [-0.1, -0.05) is 31.4 Å². The molecule has 0 atom stereocenters. The first-order valence-electron chi connectivity index (χ1n) is 10.2. The van der Waals surface area contributed by atoms with Gasteiger partial charge in [0, 0.05) is 19.7 Å². The van der Waals surface area contributed by atoms with Crippen molar-refractivity contribution in [3.8, 4) is 5.75 Å². The molecular weight excluding hydrogens is 356 g/mol.